The summed E-state index contributed by atoms with van der Waals surface area (Å²) < 4.78 is 22.0. The van der Waals surface area contributed by atoms with Crippen LogP contribution in [-0.4, -0.2) is 139 Å². The van der Waals surface area contributed by atoms with Gasteiger partial charge in [0.1, 0.15) is 61.0 Å². The largest absolute Gasteiger partial charge is 0.396 e. The van der Waals surface area contributed by atoms with Crippen LogP contribution in [0.5, 0.6) is 0 Å². The van der Waals surface area contributed by atoms with Crippen molar-refractivity contribution < 1.29 is 64.9 Å². The first-order chi connectivity index (χ1) is 18.7. The predicted octanol–water partition coefficient (Wildman–Crippen LogP) is -3.73. The van der Waals surface area contributed by atoms with Crippen LogP contribution in [0.3, 0.4) is 0 Å². The number of ether oxygens (including phenoxy) is 4. The maximum atomic E-state index is 10.6. The Balaban J connectivity index is 2.13. The highest BCUT2D eigenvalue weighted by Crippen LogP contribution is 2.27. The Bertz CT molecular complexity index is 901. The lowest BCUT2D eigenvalue weighted by Gasteiger charge is -2.43. The molecule has 220 valence electrons. The van der Waals surface area contributed by atoms with E-state index in [-0.39, 0.29) is 6.61 Å². The molecule has 2 aliphatic heterocycles. The molecule has 3 unspecified atom stereocenters. The zero-order valence-corrected chi connectivity index (χ0v) is 21.4. The van der Waals surface area contributed by atoms with Gasteiger partial charge in [-0.15, -0.1) is 0 Å². The Hall–Kier alpha value is -1.92. The van der Waals surface area contributed by atoms with Crippen LogP contribution < -0.4 is 0 Å². The molecule has 2 heterocycles. The van der Waals surface area contributed by atoms with Crippen LogP contribution in [0.15, 0.2) is 24.3 Å². The minimum Gasteiger partial charge on any atom is -0.396 e. The second-order valence-electron chi connectivity index (χ2n) is 8.92. The van der Waals surface area contributed by atoms with Gasteiger partial charge in [-0.25, -0.2) is 0 Å². The normalized spacial score (nSPS) is 36.7. The van der Waals surface area contributed by atoms with Crippen LogP contribution >= 0.6 is 0 Å². The molecule has 0 spiro atoms. The minimum absolute atomic E-state index is 0.0522. The molecule has 39 heavy (non-hydrogen) atoms. The van der Waals surface area contributed by atoms with Gasteiger partial charge in [-0.3, -0.25) is 0 Å². The molecule has 0 aromatic carbocycles. The van der Waals surface area contributed by atoms with Crippen LogP contribution in [0.4, 0.5) is 0 Å². The van der Waals surface area contributed by atoms with Crippen LogP contribution in [0.1, 0.15) is 19.8 Å². The molecule has 0 aromatic rings. The van der Waals surface area contributed by atoms with Gasteiger partial charge in [-0.1, -0.05) is 30.1 Å². The van der Waals surface area contributed by atoms with Crippen molar-refractivity contribution in [3.05, 3.63) is 24.3 Å². The highest BCUT2D eigenvalue weighted by atomic mass is 16.7. The first-order valence-corrected chi connectivity index (χ1v) is 12.5. The minimum atomic E-state index is -1.76. The maximum absolute atomic E-state index is 10.6. The second kappa shape index (κ2) is 17.0. The molecule has 13 heteroatoms. The molecule has 0 amide bonds. The third kappa shape index (κ3) is 9.60. The summed E-state index contributed by atoms with van der Waals surface area (Å²) in [6, 6.07) is 0. The number of allylic oxidation sites excluding steroid dienone is 3. The van der Waals surface area contributed by atoms with Crippen LogP contribution in [0, 0.1) is 23.7 Å². The Morgan fingerprint density at radius 2 is 1.49 bits per heavy atom. The molecular formula is C26H38O13. The van der Waals surface area contributed by atoms with Crippen molar-refractivity contribution in [3.63, 3.8) is 0 Å². The van der Waals surface area contributed by atoms with Gasteiger partial charge in [-0.2, -0.15) is 0 Å². The smallest absolute Gasteiger partial charge is 0.187 e. The van der Waals surface area contributed by atoms with Crippen molar-refractivity contribution in [2.75, 3.05) is 19.8 Å². The summed E-state index contributed by atoms with van der Waals surface area (Å²) in [6.45, 7) is 0.519. The fourth-order valence-corrected chi connectivity index (χ4v) is 3.73. The highest BCUT2D eigenvalue weighted by Gasteiger charge is 2.48. The molecule has 0 bridgehead atoms. The van der Waals surface area contributed by atoms with E-state index in [1.807, 2.05) is 0 Å². The predicted molar refractivity (Wildman–Crippen MR) is 133 cm³/mol. The summed E-state index contributed by atoms with van der Waals surface area (Å²) in [5.74, 6) is 10.1. The summed E-state index contributed by atoms with van der Waals surface area (Å²) in [6.07, 6.45) is -11.2. The number of unbranched alkanes of at least 4 members (excludes halogenated alkanes) is 1. The summed E-state index contributed by atoms with van der Waals surface area (Å²) in [4.78, 5) is 0. The SMILES string of the molecule is C/C=C/C#CC#CC(O)C(/C=C/CCCO)OC1O[C@H](CO[C@@H]2O[C@H](CO)[C@@H](O)[C@H](O)[C@H]2O)[C@@H](O)[C@H](O)[C@H]1O. The van der Waals surface area contributed by atoms with E-state index < -0.39 is 86.8 Å². The van der Waals surface area contributed by atoms with Gasteiger partial charge in [0.25, 0.3) is 0 Å². The molecule has 2 rings (SSSR count). The van der Waals surface area contributed by atoms with E-state index in [9.17, 15) is 40.9 Å². The quantitative estimate of drug-likeness (QED) is 0.0677. The van der Waals surface area contributed by atoms with E-state index in [0.29, 0.717) is 12.8 Å². The van der Waals surface area contributed by atoms with Crippen LogP contribution in [0.25, 0.3) is 0 Å². The zero-order chi connectivity index (χ0) is 28.9. The second-order valence-corrected chi connectivity index (χ2v) is 8.92. The number of aliphatic hydroxyl groups is 9. The Kier molecular flexibility index (Phi) is 14.5. The van der Waals surface area contributed by atoms with Gasteiger partial charge in [0, 0.05) is 6.61 Å². The summed E-state index contributed by atoms with van der Waals surface area (Å²) in [5, 5.41) is 90.1. The van der Waals surface area contributed by atoms with Crippen molar-refractivity contribution in [2.45, 2.75) is 93.4 Å². The van der Waals surface area contributed by atoms with E-state index in [2.05, 4.69) is 23.7 Å². The van der Waals surface area contributed by atoms with Crippen molar-refractivity contribution >= 4 is 0 Å². The van der Waals surface area contributed by atoms with E-state index >= 15 is 0 Å². The monoisotopic (exact) mass is 558 g/mol. The molecule has 2 aliphatic rings. The molecule has 0 radical (unpaired) electrons. The molecule has 9 N–H and O–H groups in total. The lowest BCUT2D eigenvalue weighted by atomic mass is 9.98. The Labute approximate surface area is 226 Å². The molecule has 12 atom stereocenters. The average Bonchev–Trinajstić information content (AvgIpc) is 2.93. The molecule has 2 fully saturated rings. The maximum Gasteiger partial charge on any atom is 0.187 e. The van der Waals surface area contributed by atoms with Gasteiger partial charge in [0.2, 0.25) is 0 Å². The van der Waals surface area contributed by atoms with Crippen molar-refractivity contribution in [3.8, 4) is 23.7 Å². The molecule has 0 saturated carbocycles. The summed E-state index contributed by atoms with van der Waals surface area (Å²) in [5.41, 5.74) is 0. The first kappa shape index (κ1) is 33.3. The summed E-state index contributed by atoms with van der Waals surface area (Å²) >= 11 is 0. The molecule has 0 aliphatic carbocycles. The average molecular weight is 559 g/mol. The number of rotatable bonds is 11. The third-order valence-corrected chi connectivity index (χ3v) is 6.00. The van der Waals surface area contributed by atoms with Crippen molar-refractivity contribution in [1.82, 2.24) is 0 Å². The van der Waals surface area contributed by atoms with Gasteiger partial charge in [-0.05, 0) is 37.7 Å². The Morgan fingerprint density at radius 3 is 2.13 bits per heavy atom. The highest BCUT2D eigenvalue weighted by molar-refractivity contribution is 5.32. The van der Waals surface area contributed by atoms with Crippen LogP contribution in [-0.2, 0) is 18.9 Å². The lowest BCUT2D eigenvalue weighted by Crippen LogP contribution is -2.62. The first-order valence-electron chi connectivity index (χ1n) is 12.5. The number of hydrogen-bond acceptors (Lipinski definition) is 13. The Morgan fingerprint density at radius 1 is 0.846 bits per heavy atom. The molecule has 13 nitrogen and oxygen atoms in total. The van der Waals surface area contributed by atoms with Gasteiger partial charge < -0.3 is 64.9 Å². The topological polar surface area (TPSA) is 219 Å². The van der Waals surface area contributed by atoms with Gasteiger partial charge in [0.05, 0.1) is 13.2 Å². The van der Waals surface area contributed by atoms with E-state index in [1.165, 1.54) is 6.08 Å². The molecular weight excluding hydrogens is 520 g/mol. The van der Waals surface area contributed by atoms with Gasteiger partial charge in [0.15, 0.2) is 12.6 Å². The van der Waals surface area contributed by atoms with Crippen LogP contribution in [0.2, 0.25) is 0 Å². The molecule has 0 aromatic heterocycles. The third-order valence-electron chi connectivity index (χ3n) is 6.00. The van der Waals surface area contributed by atoms with E-state index in [0.717, 1.165) is 0 Å². The summed E-state index contributed by atoms with van der Waals surface area (Å²) in [7, 11) is 0. The van der Waals surface area contributed by atoms with E-state index in [4.69, 9.17) is 24.1 Å². The fourth-order valence-electron chi connectivity index (χ4n) is 3.73. The number of aliphatic hydroxyl groups excluding tert-OH is 9. The van der Waals surface area contributed by atoms with Crippen molar-refractivity contribution in [2.24, 2.45) is 0 Å². The van der Waals surface area contributed by atoms with E-state index in [1.54, 1.807) is 25.2 Å². The van der Waals surface area contributed by atoms with Crippen molar-refractivity contribution in [1.29, 1.82) is 0 Å². The van der Waals surface area contributed by atoms with Gasteiger partial charge >= 0.3 is 0 Å². The number of hydrogen-bond donors (Lipinski definition) is 9. The molecule has 2 saturated heterocycles. The standard InChI is InChI=1S/C26H38O13/c1-2-3-4-5-7-10-15(29)16(11-8-6-9-12-27)37-26-24(35)22(33)20(31)18(39-26)14-36-25-23(34)21(32)19(30)17(13-28)38-25/h2-3,8,11,15-35H,6,9,12-14H2,1H3/b3-2+,11-8+/t15?,16?,17-,18-,19-,20-,21+,22+,23-,24-,25-,26?/m1/s1. The lowest BCUT2D eigenvalue weighted by molar-refractivity contribution is -0.335. The zero-order valence-electron chi connectivity index (χ0n) is 21.4. The fraction of sp³-hybridized carbons (Fsp3) is 0.692.